The van der Waals surface area contributed by atoms with Crippen molar-refractivity contribution in [2.75, 3.05) is 19.7 Å². The van der Waals surface area contributed by atoms with Gasteiger partial charge < -0.3 is 20.3 Å². The molecule has 174 valence electrons. The first kappa shape index (κ1) is 24.7. The zero-order valence-corrected chi connectivity index (χ0v) is 19.2. The molecule has 0 spiro atoms. The van der Waals surface area contributed by atoms with E-state index in [2.05, 4.69) is 5.32 Å². The third-order valence-corrected chi connectivity index (χ3v) is 6.83. The fourth-order valence-electron chi connectivity index (χ4n) is 3.18. The SMILES string of the molecule is O=C(O)COc1cccc(S(=O)(=O)c2cccc(CCNC[C@H](O)c3cccc(Cl)c3)c2)c1. The number of ether oxygens (including phenoxy) is 1. The van der Waals surface area contributed by atoms with E-state index in [9.17, 15) is 18.3 Å². The second-order valence-corrected chi connectivity index (χ2v) is 9.72. The number of nitrogens with one attached hydrogen (secondary N) is 1. The Morgan fingerprint density at radius 1 is 1.00 bits per heavy atom. The van der Waals surface area contributed by atoms with Gasteiger partial charge in [-0.15, -0.1) is 0 Å². The van der Waals surface area contributed by atoms with Gasteiger partial charge in [0, 0.05) is 11.6 Å². The summed E-state index contributed by atoms with van der Waals surface area (Å²) < 4.78 is 31.2. The van der Waals surface area contributed by atoms with Crippen LogP contribution in [0.2, 0.25) is 5.02 Å². The molecule has 0 unspecified atom stereocenters. The van der Waals surface area contributed by atoms with Crippen molar-refractivity contribution in [1.82, 2.24) is 5.32 Å². The van der Waals surface area contributed by atoms with E-state index in [-0.39, 0.29) is 15.5 Å². The molecular formula is C24H24ClNO6S. The summed E-state index contributed by atoms with van der Waals surface area (Å²) in [5.41, 5.74) is 1.54. The number of carboxylic acids is 1. The van der Waals surface area contributed by atoms with Crippen LogP contribution in [-0.2, 0) is 21.1 Å². The summed E-state index contributed by atoms with van der Waals surface area (Å²) in [7, 11) is -3.81. The van der Waals surface area contributed by atoms with Crippen molar-refractivity contribution in [2.24, 2.45) is 0 Å². The van der Waals surface area contributed by atoms with Gasteiger partial charge in [-0.05, 0) is 66.6 Å². The minimum Gasteiger partial charge on any atom is -0.482 e. The largest absolute Gasteiger partial charge is 0.482 e. The third-order valence-electron chi connectivity index (χ3n) is 4.85. The minimum atomic E-state index is -3.81. The highest BCUT2D eigenvalue weighted by Gasteiger charge is 2.19. The van der Waals surface area contributed by atoms with Crippen LogP contribution in [0.4, 0.5) is 0 Å². The van der Waals surface area contributed by atoms with E-state index < -0.39 is 28.5 Å². The number of sulfone groups is 1. The monoisotopic (exact) mass is 489 g/mol. The first-order valence-electron chi connectivity index (χ1n) is 10.2. The van der Waals surface area contributed by atoms with Crippen molar-refractivity contribution in [3.05, 3.63) is 88.9 Å². The number of benzene rings is 3. The number of aliphatic hydroxyl groups excluding tert-OH is 1. The van der Waals surface area contributed by atoms with Crippen LogP contribution in [0.15, 0.2) is 82.6 Å². The van der Waals surface area contributed by atoms with Gasteiger partial charge in [-0.2, -0.15) is 0 Å². The molecule has 0 aliphatic heterocycles. The summed E-state index contributed by atoms with van der Waals surface area (Å²) in [6, 6.07) is 19.4. The number of aliphatic carboxylic acids is 1. The highest BCUT2D eigenvalue weighted by molar-refractivity contribution is 7.91. The number of hydrogen-bond donors (Lipinski definition) is 3. The Kier molecular flexibility index (Phi) is 8.46. The molecule has 33 heavy (non-hydrogen) atoms. The standard InChI is InChI=1S/C24H24ClNO6S/c25-19-6-2-5-18(13-19)23(27)15-26-11-10-17-4-1-8-21(12-17)33(30,31)22-9-3-7-20(14-22)32-16-24(28)29/h1-9,12-14,23,26-27H,10-11,15-16H2,(H,28,29)/t23-/m0/s1. The van der Waals surface area contributed by atoms with E-state index in [4.69, 9.17) is 21.4 Å². The van der Waals surface area contributed by atoms with Crippen LogP contribution >= 0.6 is 11.6 Å². The summed E-state index contributed by atoms with van der Waals surface area (Å²) in [5, 5.41) is 22.7. The lowest BCUT2D eigenvalue weighted by atomic mass is 10.1. The van der Waals surface area contributed by atoms with Gasteiger partial charge in [0.05, 0.1) is 15.9 Å². The normalized spacial score (nSPS) is 12.3. The van der Waals surface area contributed by atoms with Gasteiger partial charge in [0.2, 0.25) is 9.84 Å². The number of halogens is 1. The zero-order valence-electron chi connectivity index (χ0n) is 17.6. The van der Waals surface area contributed by atoms with Crippen LogP contribution in [0.3, 0.4) is 0 Å². The maximum atomic E-state index is 13.0. The predicted molar refractivity (Wildman–Crippen MR) is 124 cm³/mol. The lowest BCUT2D eigenvalue weighted by Gasteiger charge is -2.13. The summed E-state index contributed by atoms with van der Waals surface area (Å²) in [5.74, 6) is -0.984. The number of hydrogen-bond acceptors (Lipinski definition) is 6. The Bertz CT molecular complexity index is 1210. The van der Waals surface area contributed by atoms with Crippen LogP contribution in [0.1, 0.15) is 17.2 Å². The molecule has 0 radical (unpaired) electrons. The van der Waals surface area contributed by atoms with Gasteiger partial charge in [-0.1, -0.05) is 41.9 Å². The number of carbonyl (C=O) groups is 1. The summed E-state index contributed by atoms with van der Waals surface area (Å²) in [6.45, 7) is 0.319. The maximum absolute atomic E-state index is 13.0. The van der Waals surface area contributed by atoms with E-state index in [1.165, 1.54) is 30.3 Å². The molecule has 0 bridgehead atoms. The van der Waals surface area contributed by atoms with Crippen molar-refractivity contribution in [3.8, 4) is 5.75 Å². The second-order valence-electron chi connectivity index (χ2n) is 7.33. The quantitative estimate of drug-likeness (QED) is 0.353. The molecule has 0 saturated carbocycles. The summed E-state index contributed by atoms with van der Waals surface area (Å²) in [4.78, 5) is 10.8. The molecular weight excluding hydrogens is 466 g/mol. The van der Waals surface area contributed by atoms with E-state index in [1.54, 1.807) is 36.4 Å². The lowest BCUT2D eigenvalue weighted by molar-refractivity contribution is -0.139. The Hall–Kier alpha value is -2.91. The topological polar surface area (TPSA) is 113 Å². The molecule has 3 N–H and O–H groups in total. The van der Waals surface area contributed by atoms with Crippen LogP contribution in [0, 0.1) is 0 Å². The second kappa shape index (κ2) is 11.3. The first-order chi connectivity index (χ1) is 15.8. The van der Waals surface area contributed by atoms with Gasteiger partial charge in [0.1, 0.15) is 5.75 Å². The molecule has 3 aromatic carbocycles. The van der Waals surface area contributed by atoms with Crippen LogP contribution < -0.4 is 10.1 Å². The molecule has 0 amide bonds. The number of carboxylic acid groups (broad SMARTS) is 1. The Morgan fingerprint density at radius 2 is 1.70 bits per heavy atom. The van der Waals surface area contributed by atoms with Gasteiger partial charge in [-0.25, -0.2) is 13.2 Å². The molecule has 3 aromatic rings. The minimum absolute atomic E-state index is 0.0188. The van der Waals surface area contributed by atoms with Crippen molar-refractivity contribution in [1.29, 1.82) is 0 Å². The molecule has 7 nitrogen and oxygen atoms in total. The van der Waals surface area contributed by atoms with Gasteiger partial charge in [0.25, 0.3) is 0 Å². The lowest BCUT2D eigenvalue weighted by Crippen LogP contribution is -2.23. The average molecular weight is 490 g/mol. The van der Waals surface area contributed by atoms with Crippen molar-refractivity contribution < 1.29 is 28.2 Å². The van der Waals surface area contributed by atoms with E-state index in [1.807, 2.05) is 6.07 Å². The molecule has 9 heteroatoms. The van der Waals surface area contributed by atoms with Gasteiger partial charge >= 0.3 is 5.97 Å². The molecule has 1 atom stereocenters. The predicted octanol–water partition coefficient (Wildman–Crippen LogP) is 3.50. The molecule has 0 heterocycles. The molecule has 0 fully saturated rings. The maximum Gasteiger partial charge on any atom is 0.341 e. The fourth-order valence-corrected chi connectivity index (χ4v) is 4.75. The summed E-state index contributed by atoms with van der Waals surface area (Å²) in [6.07, 6.45) is -0.140. The highest BCUT2D eigenvalue weighted by atomic mass is 35.5. The smallest absolute Gasteiger partial charge is 0.341 e. The van der Waals surface area contributed by atoms with Gasteiger partial charge in [0.15, 0.2) is 6.61 Å². The van der Waals surface area contributed by atoms with Crippen LogP contribution in [0.25, 0.3) is 0 Å². The number of aliphatic hydroxyl groups is 1. The molecule has 0 aromatic heterocycles. The van der Waals surface area contributed by atoms with E-state index in [0.717, 1.165) is 11.1 Å². The van der Waals surface area contributed by atoms with E-state index in [0.29, 0.717) is 24.5 Å². The van der Waals surface area contributed by atoms with Crippen LogP contribution in [0.5, 0.6) is 5.75 Å². The Labute approximate surface area is 197 Å². The third kappa shape index (κ3) is 7.03. The summed E-state index contributed by atoms with van der Waals surface area (Å²) >= 11 is 5.95. The average Bonchev–Trinajstić information content (AvgIpc) is 2.81. The van der Waals surface area contributed by atoms with Gasteiger partial charge in [-0.3, -0.25) is 0 Å². The molecule has 0 saturated heterocycles. The fraction of sp³-hybridized carbons (Fsp3) is 0.208. The van der Waals surface area contributed by atoms with Crippen molar-refractivity contribution in [2.45, 2.75) is 22.3 Å². The van der Waals surface area contributed by atoms with E-state index >= 15 is 0 Å². The Balaban J connectivity index is 1.62. The number of rotatable bonds is 11. The van der Waals surface area contributed by atoms with Crippen molar-refractivity contribution >= 4 is 27.4 Å². The highest BCUT2D eigenvalue weighted by Crippen LogP contribution is 2.25. The van der Waals surface area contributed by atoms with Crippen LogP contribution in [-0.4, -0.2) is 44.3 Å². The zero-order chi connectivity index (χ0) is 23.8. The molecule has 0 aliphatic rings. The Morgan fingerprint density at radius 3 is 2.42 bits per heavy atom. The van der Waals surface area contributed by atoms with Crippen molar-refractivity contribution in [3.63, 3.8) is 0 Å². The molecule has 3 rings (SSSR count). The molecule has 0 aliphatic carbocycles. The first-order valence-corrected chi connectivity index (χ1v) is 12.0.